The Hall–Kier alpha value is -0.500. The Morgan fingerprint density at radius 1 is 0.895 bits per heavy atom. The van der Waals surface area contributed by atoms with E-state index in [2.05, 4.69) is 47.1 Å². The molecule has 2 heteroatoms. The van der Waals surface area contributed by atoms with E-state index in [1.54, 1.807) is 0 Å². The van der Waals surface area contributed by atoms with Gasteiger partial charge in [-0.3, -0.25) is 0 Å². The zero-order valence-electron chi connectivity index (χ0n) is 12.2. The van der Waals surface area contributed by atoms with Crippen LogP contribution in [0.15, 0.2) is 24.3 Å². The highest BCUT2D eigenvalue weighted by Gasteiger charge is 1.99. The Bertz CT molecular complexity index is 325. The van der Waals surface area contributed by atoms with Crippen molar-refractivity contribution in [3.8, 4) is 5.75 Å². The number of hydrogen-bond acceptors (Lipinski definition) is 1. The van der Waals surface area contributed by atoms with Gasteiger partial charge in [0.05, 0.1) is 6.61 Å². The predicted octanol–water partition coefficient (Wildman–Crippen LogP) is 5.75. The lowest BCUT2D eigenvalue weighted by molar-refractivity contribution is 0.301. The SMILES string of the molecule is CCc1ccccc1OCCCCCCCCCBr. The molecule has 0 N–H and O–H groups in total. The smallest absolute Gasteiger partial charge is 0.122 e. The minimum atomic E-state index is 0.860. The van der Waals surface area contributed by atoms with Gasteiger partial charge in [-0.1, -0.05) is 73.2 Å². The molecule has 0 fully saturated rings. The molecule has 108 valence electrons. The van der Waals surface area contributed by atoms with Crippen LogP contribution in [-0.2, 0) is 6.42 Å². The Labute approximate surface area is 126 Å². The molecule has 0 saturated carbocycles. The van der Waals surface area contributed by atoms with Crippen molar-refractivity contribution in [2.45, 2.75) is 58.3 Å². The maximum Gasteiger partial charge on any atom is 0.122 e. The quantitative estimate of drug-likeness (QED) is 0.371. The molecule has 0 radical (unpaired) electrons. The van der Waals surface area contributed by atoms with Gasteiger partial charge in [-0.15, -0.1) is 0 Å². The number of benzene rings is 1. The van der Waals surface area contributed by atoms with Gasteiger partial charge in [0.1, 0.15) is 5.75 Å². The zero-order chi connectivity index (χ0) is 13.8. The molecule has 1 aromatic rings. The summed E-state index contributed by atoms with van der Waals surface area (Å²) >= 11 is 3.47. The van der Waals surface area contributed by atoms with Crippen LogP contribution in [0.3, 0.4) is 0 Å². The second-order valence-electron chi connectivity index (χ2n) is 4.97. The first-order chi connectivity index (χ1) is 9.38. The second-order valence-corrected chi connectivity index (χ2v) is 5.77. The third-order valence-corrected chi connectivity index (χ3v) is 3.95. The topological polar surface area (TPSA) is 9.23 Å². The molecular formula is C17H27BrO. The third kappa shape index (κ3) is 7.61. The van der Waals surface area contributed by atoms with Crippen LogP contribution >= 0.6 is 15.9 Å². The lowest BCUT2D eigenvalue weighted by atomic mass is 10.1. The average molecular weight is 327 g/mol. The number of unbranched alkanes of at least 4 members (excludes halogenated alkanes) is 6. The molecule has 19 heavy (non-hydrogen) atoms. The fourth-order valence-electron chi connectivity index (χ4n) is 2.20. The molecule has 1 rings (SSSR count). The Balaban J connectivity index is 2.01. The fraction of sp³-hybridized carbons (Fsp3) is 0.647. The number of aryl methyl sites for hydroxylation is 1. The van der Waals surface area contributed by atoms with Crippen molar-refractivity contribution in [2.24, 2.45) is 0 Å². The number of hydrogen-bond donors (Lipinski definition) is 0. The molecule has 0 spiro atoms. The van der Waals surface area contributed by atoms with Gasteiger partial charge in [0.2, 0.25) is 0 Å². The van der Waals surface area contributed by atoms with Gasteiger partial charge in [-0.2, -0.15) is 0 Å². The van der Waals surface area contributed by atoms with Crippen molar-refractivity contribution < 1.29 is 4.74 Å². The summed E-state index contributed by atoms with van der Waals surface area (Å²) in [6.07, 6.45) is 10.3. The first-order valence-electron chi connectivity index (χ1n) is 7.65. The molecular weight excluding hydrogens is 300 g/mol. The standard InChI is InChI=1S/C17H27BrO/c1-2-16-12-8-9-13-17(16)19-15-11-7-5-3-4-6-10-14-18/h8-9,12-13H,2-7,10-11,14-15H2,1H3. The molecule has 0 aliphatic rings. The first kappa shape index (κ1) is 16.6. The highest BCUT2D eigenvalue weighted by Crippen LogP contribution is 2.18. The summed E-state index contributed by atoms with van der Waals surface area (Å²) in [6.45, 7) is 3.04. The van der Waals surface area contributed by atoms with Crippen molar-refractivity contribution in [1.82, 2.24) is 0 Å². The van der Waals surface area contributed by atoms with Crippen LogP contribution in [0.1, 0.15) is 57.4 Å². The fourth-order valence-corrected chi connectivity index (χ4v) is 2.60. The summed E-state index contributed by atoms with van der Waals surface area (Å²) < 4.78 is 5.87. The van der Waals surface area contributed by atoms with Gasteiger partial charge >= 0.3 is 0 Å². The van der Waals surface area contributed by atoms with E-state index in [0.29, 0.717) is 0 Å². The summed E-state index contributed by atoms with van der Waals surface area (Å²) in [7, 11) is 0. The summed E-state index contributed by atoms with van der Waals surface area (Å²) in [4.78, 5) is 0. The molecule has 0 atom stereocenters. The van der Waals surface area contributed by atoms with Crippen molar-refractivity contribution in [3.05, 3.63) is 29.8 Å². The Kier molecular flexibility index (Phi) is 9.88. The number of alkyl halides is 1. The minimum Gasteiger partial charge on any atom is -0.493 e. The summed E-state index contributed by atoms with van der Waals surface area (Å²) in [5, 5.41) is 1.15. The van der Waals surface area contributed by atoms with Crippen molar-refractivity contribution in [3.63, 3.8) is 0 Å². The molecule has 1 aromatic carbocycles. The van der Waals surface area contributed by atoms with Crippen molar-refractivity contribution in [1.29, 1.82) is 0 Å². The van der Waals surface area contributed by atoms with Gasteiger partial charge in [0.15, 0.2) is 0 Å². The summed E-state index contributed by atoms with van der Waals surface area (Å²) in [5.74, 6) is 1.07. The van der Waals surface area contributed by atoms with E-state index in [9.17, 15) is 0 Å². The van der Waals surface area contributed by atoms with Gasteiger partial charge in [0.25, 0.3) is 0 Å². The molecule has 0 aliphatic carbocycles. The molecule has 0 amide bonds. The van der Waals surface area contributed by atoms with E-state index < -0.39 is 0 Å². The summed E-state index contributed by atoms with van der Waals surface area (Å²) in [6, 6.07) is 8.37. The lowest BCUT2D eigenvalue weighted by Crippen LogP contribution is -1.99. The maximum atomic E-state index is 5.87. The van der Waals surface area contributed by atoms with E-state index >= 15 is 0 Å². The largest absolute Gasteiger partial charge is 0.493 e. The van der Waals surface area contributed by atoms with E-state index in [1.807, 2.05) is 0 Å². The molecule has 0 aromatic heterocycles. The van der Waals surface area contributed by atoms with E-state index in [1.165, 1.54) is 50.5 Å². The van der Waals surface area contributed by atoms with Gasteiger partial charge in [-0.25, -0.2) is 0 Å². The van der Waals surface area contributed by atoms with E-state index in [4.69, 9.17) is 4.74 Å². The molecule has 0 bridgehead atoms. The third-order valence-electron chi connectivity index (χ3n) is 3.39. The van der Waals surface area contributed by atoms with Crippen LogP contribution in [0.2, 0.25) is 0 Å². The minimum absolute atomic E-state index is 0.860. The molecule has 0 unspecified atom stereocenters. The zero-order valence-corrected chi connectivity index (χ0v) is 13.8. The molecule has 0 heterocycles. The molecule has 0 saturated heterocycles. The van der Waals surface area contributed by atoms with Crippen LogP contribution < -0.4 is 4.74 Å². The van der Waals surface area contributed by atoms with Crippen LogP contribution in [-0.4, -0.2) is 11.9 Å². The van der Waals surface area contributed by atoms with Crippen LogP contribution in [0.25, 0.3) is 0 Å². The lowest BCUT2D eigenvalue weighted by Gasteiger charge is -2.10. The van der Waals surface area contributed by atoms with Gasteiger partial charge in [0, 0.05) is 5.33 Å². The Morgan fingerprint density at radius 2 is 1.53 bits per heavy atom. The summed E-state index contributed by atoms with van der Waals surface area (Å²) in [5.41, 5.74) is 1.32. The van der Waals surface area contributed by atoms with Crippen molar-refractivity contribution in [2.75, 3.05) is 11.9 Å². The number of halogens is 1. The molecule has 1 nitrogen and oxygen atoms in total. The predicted molar refractivity (Wildman–Crippen MR) is 87.4 cm³/mol. The van der Waals surface area contributed by atoms with Crippen LogP contribution in [0, 0.1) is 0 Å². The number of ether oxygens (including phenoxy) is 1. The van der Waals surface area contributed by atoms with Crippen molar-refractivity contribution >= 4 is 15.9 Å². The average Bonchev–Trinajstić information content (AvgIpc) is 2.46. The van der Waals surface area contributed by atoms with Crippen LogP contribution in [0.4, 0.5) is 0 Å². The Morgan fingerprint density at radius 3 is 2.21 bits per heavy atom. The van der Waals surface area contributed by atoms with Gasteiger partial charge in [-0.05, 0) is 30.9 Å². The monoisotopic (exact) mass is 326 g/mol. The number of para-hydroxylation sites is 1. The van der Waals surface area contributed by atoms with E-state index in [0.717, 1.165) is 24.1 Å². The number of rotatable bonds is 11. The second kappa shape index (κ2) is 11.3. The normalized spacial score (nSPS) is 10.6. The highest BCUT2D eigenvalue weighted by molar-refractivity contribution is 9.09. The van der Waals surface area contributed by atoms with E-state index in [-0.39, 0.29) is 0 Å². The first-order valence-corrected chi connectivity index (χ1v) is 8.77. The highest BCUT2D eigenvalue weighted by atomic mass is 79.9. The maximum absolute atomic E-state index is 5.87. The van der Waals surface area contributed by atoms with Crippen LogP contribution in [0.5, 0.6) is 5.75 Å². The molecule has 0 aliphatic heterocycles. The van der Waals surface area contributed by atoms with Gasteiger partial charge < -0.3 is 4.74 Å².